The van der Waals surface area contributed by atoms with Gasteiger partial charge in [-0.1, -0.05) is 18.4 Å². The van der Waals surface area contributed by atoms with Crippen molar-refractivity contribution in [1.29, 1.82) is 0 Å². The lowest BCUT2D eigenvalue weighted by Crippen LogP contribution is -2.43. The van der Waals surface area contributed by atoms with E-state index in [4.69, 9.17) is 21.1 Å². The molecule has 43 heavy (non-hydrogen) atoms. The first-order chi connectivity index (χ1) is 20.7. The van der Waals surface area contributed by atoms with Crippen LogP contribution in [0.1, 0.15) is 44.2 Å². The summed E-state index contributed by atoms with van der Waals surface area (Å²) in [5.74, 6) is 2.17. The summed E-state index contributed by atoms with van der Waals surface area (Å²) in [4.78, 5) is 18.2. The number of aromatic nitrogens is 3. The molecule has 2 aliphatic heterocycles. The van der Waals surface area contributed by atoms with E-state index in [0.717, 1.165) is 25.8 Å². The number of benzene rings is 2. The Morgan fingerprint density at radius 1 is 1.19 bits per heavy atom. The number of hydrogen-bond donors (Lipinski definition) is 2. The topological polar surface area (TPSA) is 86.6 Å². The summed E-state index contributed by atoms with van der Waals surface area (Å²) in [6, 6.07) is 6.52. The molecular weight excluding hydrogens is 550 g/mol. The number of anilines is 2. The Balaban J connectivity index is 1.58. The van der Waals surface area contributed by atoms with Crippen molar-refractivity contribution < 1.29 is 18.6 Å². The van der Waals surface area contributed by atoms with Crippen molar-refractivity contribution in [2.75, 3.05) is 56.2 Å². The molecule has 8 nitrogen and oxygen atoms in total. The number of pyridine rings is 1. The van der Waals surface area contributed by atoms with Gasteiger partial charge in [-0.3, -0.25) is 4.98 Å². The Morgan fingerprint density at radius 2 is 1.98 bits per heavy atom. The number of ether oxygens (including phenoxy) is 1. The van der Waals surface area contributed by atoms with E-state index in [1.807, 2.05) is 16.8 Å². The molecule has 2 aromatic carbocycles. The second-order valence-corrected chi connectivity index (χ2v) is 11.9. The van der Waals surface area contributed by atoms with E-state index in [1.165, 1.54) is 6.07 Å². The minimum atomic E-state index is -1.25. The van der Waals surface area contributed by atoms with Crippen LogP contribution in [0.3, 0.4) is 0 Å². The lowest BCUT2D eigenvalue weighted by Gasteiger charge is -2.31. The summed E-state index contributed by atoms with van der Waals surface area (Å²) in [5, 5.41) is 15.8. The second-order valence-electron chi connectivity index (χ2n) is 11.9. The number of nitrogens with one attached hydrogen (secondary N) is 1. The van der Waals surface area contributed by atoms with Crippen LogP contribution in [-0.4, -0.2) is 72.5 Å². The summed E-state index contributed by atoms with van der Waals surface area (Å²) in [6.07, 6.45) is 10.7. The van der Waals surface area contributed by atoms with E-state index in [-0.39, 0.29) is 22.3 Å². The Hall–Kier alpha value is -3.91. The highest BCUT2D eigenvalue weighted by atomic mass is 19.1. The van der Waals surface area contributed by atoms with Crippen LogP contribution >= 0.6 is 0 Å². The van der Waals surface area contributed by atoms with Crippen molar-refractivity contribution in [2.24, 2.45) is 0 Å². The molecule has 0 saturated carbocycles. The lowest BCUT2D eigenvalue weighted by atomic mass is 9.89. The molecule has 4 heterocycles. The van der Waals surface area contributed by atoms with Gasteiger partial charge in [0, 0.05) is 49.9 Å². The molecular formula is C33H36F2N6O2. The van der Waals surface area contributed by atoms with Gasteiger partial charge in [-0.25, -0.2) is 13.8 Å². The monoisotopic (exact) mass is 586 g/mol. The zero-order chi connectivity index (χ0) is 30.3. The second kappa shape index (κ2) is 11.6. The van der Waals surface area contributed by atoms with Gasteiger partial charge >= 0.3 is 0 Å². The number of piperidine rings is 1. The highest BCUT2D eigenvalue weighted by molar-refractivity contribution is 6.02. The van der Waals surface area contributed by atoms with Gasteiger partial charge in [0.1, 0.15) is 22.8 Å². The molecule has 224 valence electrons. The number of rotatable bonds is 6. The molecule has 2 fully saturated rings. The van der Waals surface area contributed by atoms with Gasteiger partial charge in [0.05, 0.1) is 29.8 Å². The predicted molar refractivity (Wildman–Crippen MR) is 165 cm³/mol. The first kappa shape index (κ1) is 29.2. The van der Waals surface area contributed by atoms with Crippen molar-refractivity contribution in [1.82, 2.24) is 20.3 Å². The Morgan fingerprint density at radius 3 is 2.67 bits per heavy atom. The molecule has 10 heteroatoms. The smallest absolute Gasteiger partial charge is 0.228 e. The van der Waals surface area contributed by atoms with Crippen LogP contribution in [-0.2, 0) is 10.3 Å². The number of fused-ring (bicyclic) bond motifs is 2. The van der Waals surface area contributed by atoms with Gasteiger partial charge in [-0.05, 0) is 62.4 Å². The minimum absolute atomic E-state index is 0.00758. The Kier molecular flexibility index (Phi) is 7.90. The van der Waals surface area contributed by atoms with Crippen molar-refractivity contribution in [2.45, 2.75) is 44.8 Å². The fraction of sp³-hybridized carbons (Fsp3) is 0.424. The molecule has 0 bridgehead atoms. The summed E-state index contributed by atoms with van der Waals surface area (Å²) >= 11 is 0. The average Bonchev–Trinajstić information content (AvgIpc) is 3.01. The predicted octanol–water partition coefficient (Wildman–Crippen LogP) is 4.75. The lowest BCUT2D eigenvalue weighted by molar-refractivity contribution is 0.0788. The van der Waals surface area contributed by atoms with Gasteiger partial charge in [0.25, 0.3) is 0 Å². The third-order valence-electron chi connectivity index (χ3n) is 8.39. The highest BCUT2D eigenvalue weighted by Gasteiger charge is 2.27. The molecule has 2 saturated heterocycles. The summed E-state index contributed by atoms with van der Waals surface area (Å²) in [7, 11) is 1.95. The Labute approximate surface area is 250 Å². The van der Waals surface area contributed by atoms with Crippen LogP contribution in [0.25, 0.3) is 32.9 Å². The standard InChI is InChI=1S/C33H36F2N6O2/c1-5-23-26(34)10-9-20-16-21(33(2,3)42)17-24(27(20)23)29-28(35)30-25(18-37-29)31(40(4)19-22-8-6-7-11-36-22)39-32(38-30)41-12-14-43-15-13-41/h1,9-10,16-18,22,36,42H,6-8,11-15,19H2,2-4H3/t22-/m1/s1. The van der Waals surface area contributed by atoms with Crippen molar-refractivity contribution in [3.8, 4) is 23.6 Å². The SMILES string of the molecule is C#Cc1c(F)ccc2cc(C(C)(C)O)cc(-c3ncc4c(N(C)C[C@H]5CCCCN5)nc(N5CCOCC5)nc4c3F)c12. The number of halogens is 2. The van der Waals surface area contributed by atoms with E-state index < -0.39 is 17.2 Å². The maximum absolute atomic E-state index is 16.9. The highest BCUT2D eigenvalue weighted by Crippen LogP contribution is 2.39. The van der Waals surface area contributed by atoms with E-state index in [9.17, 15) is 9.50 Å². The van der Waals surface area contributed by atoms with Crippen LogP contribution in [0.2, 0.25) is 0 Å². The van der Waals surface area contributed by atoms with E-state index in [0.29, 0.717) is 72.4 Å². The van der Waals surface area contributed by atoms with Crippen molar-refractivity contribution >= 4 is 33.4 Å². The number of aliphatic hydroxyl groups is 1. The maximum Gasteiger partial charge on any atom is 0.228 e. The van der Waals surface area contributed by atoms with Gasteiger partial charge in [0.15, 0.2) is 5.82 Å². The molecule has 0 radical (unpaired) electrons. The molecule has 1 atom stereocenters. The zero-order valence-electron chi connectivity index (χ0n) is 24.8. The van der Waals surface area contributed by atoms with Crippen LogP contribution in [0.4, 0.5) is 20.5 Å². The quantitative estimate of drug-likeness (QED) is 0.313. The fourth-order valence-corrected chi connectivity index (χ4v) is 6.03. The molecule has 2 N–H and O–H groups in total. The fourth-order valence-electron chi connectivity index (χ4n) is 6.03. The van der Waals surface area contributed by atoms with Gasteiger partial charge in [-0.2, -0.15) is 4.98 Å². The molecule has 0 aliphatic carbocycles. The molecule has 0 amide bonds. The van der Waals surface area contributed by atoms with E-state index in [1.54, 1.807) is 38.2 Å². The zero-order valence-corrected chi connectivity index (χ0v) is 24.8. The number of morpholine rings is 1. The number of terminal acetylenes is 1. The Bertz CT molecular complexity index is 1720. The third kappa shape index (κ3) is 5.60. The normalized spacial score (nSPS) is 17.8. The summed E-state index contributed by atoms with van der Waals surface area (Å²) in [5.41, 5.74) is -0.360. The van der Waals surface area contributed by atoms with Gasteiger partial charge in [-0.15, -0.1) is 6.42 Å². The molecule has 2 aliphatic rings. The van der Waals surface area contributed by atoms with E-state index in [2.05, 4.69) is 16.2 Å². The summed E-state index contributed by atoms with van der Waals surface area (Å²) < 4.78 is 37.3. The first-order valence-corrected chi connectivity index (χ1v) is 14.7. The number of likely N-dealkylation sites (N-methyl/N-ethyl adjacent to an activating group) is 1. The first-order valence-electron chi connectivity index (χ1n) is 14.7. The molecule has 2 aromatic heterocycles. The maximum atomic E-state index is 16.9. The number of nitrogens with zero attached hydrogens (tertiary/aromatic N) is 5. The van der Waals surface area contributed by atoms with Crippen LogP contribution < -0.4 is 15.1 Å². The third-order valence-corrected chi connectivity index (χ3v) is 8.39. The molecule has 6 rings (SSSR count). The van der Waals surface area contributed by atoms with Crippen molar-refractivity contribution in [3.63, 3.8) is 0 Å². The van der Waals surface area contributed by atoms with Crippen LogP contribution in [0.5, 0.6) is 0 Å². The van der Waals surface area contributed by atoms with Crippen LogP contribution in [0.15, 0.2) is 30.5 Å². The van der Waals surface area contributed by atoms with E-state index >= 15 is 4.39 Å². The summed E-state index contributed by atoms with van der Waals surface area (Å²) in [6.45, 7) is 7.17. The minimum Gasteiger partial charge on any atom is -0.386 e. The number of hydrogen-bond acceptors (Lipinski definition) is 8. The van der Waals surface area contributed by atoms with Gasteiger partial charge < -0.3 is 25.0 Å². The van der Waals surface area contributed by atoms with Crippen molar-refractivity contribution in [3.05, 3.63) is 53.2 Å². The largest absolute Gasteiger partial charge is 0.386 e. The van der Waals surface area contributed by atoms with Gasteiger partial charge in [0.2, 0.25) is 5.95 Å². The van der Waals surface area contributed by atoms with Crippen LogP contribution in [0, 0.1) is 24.0 Å². The molecule has 0 unspecified atom stereocenters. The molecule has 4 aromatic rings. The average molecular weight is 587 g/mol. The molecule has 0 spiro atoms.